The molecular formula is C14H24N2O3S2. The third-order valence-electron chi connectivity index (χ3n) is 3.86. The summed E-state index contributed by atoms with van der Waals surface area (Å²) in [5.74, 6) is 0.452. The van der Waals surface area contributed by atoms with Crippen LogP contribution in [0.1, 0.15) is 25.7 Å². The first-order valence-corrected chi connectivity index (χ1v) is 9.57. The summed E-state index contributed by atoms with van der Waals surface area (Å²) in [6.45, 7) is 1.25. The monoisotopic (exact) mass is 332 g/mol. The average Bonchev–Trinajstić information content (AvgIpc) is 3.09. The molecule has 0 spiro atoms. The van der Waals surface area contributed by atoms with E-state index in [2.05, 4.69) is 0 Å². The zero-order valence-corrected chi connectivity index (χ0v) is 14.5. The number of thiophene rings is 1. The lowest BCUT2D eigenvalue weighted by atomic mass is 10.2. The number of hydrogen-bond acceptors (Lipinski definition) is 5. The van der Waals surface area contributed by atoms with Crippen molar-refractivity contribution in [2.45, 2.75) is 35.9 Å². The summed E-state index contributed by atoms with van der Waals surface area (Å²) in [5.41, 5.74) is 0. The number of rotatable bonds is 7. The molecule has 1 aromatic rings. The number of nitrogens with zero attached hydrogens (tertiary/aromatic N) is 2. The Morgan fingerprint density at radius 3 is 2.52 bits per heavy atom. The summed E-state index contributed by atoms with van der Waals surface area (Å²) < 4.78 is 33.2. The molecule has 0 atom stereocenters. The molecule has 21 heavy (non-hydrogen) atoms. The minimum absolute atomic E-state index is 0.127. The molecule has 1 aliphatic rings. The van der Waals surface area contributed by atoms with Crippen molar-refractivity contribution in [3.8, 4) is 5.75 Å². The zero-order valence-electron chi connectivity index (χ0n) is 12.9. The van der Waals surface area contributed by atoms with Crippen molar-refractivity contribution in [3.63, 3.8) is 0 Å². The van der Waals surface area contributed by atoms with Gasteiger partial charge in [0.25, 0.3) is 10.0 Å². The van der Waals surface area contributed by atoms with Crippen LogP contribution in [0.5, 0.6) is 5.75 Å². The van der Waals surface area contributed by atoms with Crippen LogP contribution in [0.4, 0.5) is 0 Å². The van der Waals surface area contributed by atoms with Gasteiger partial charge in [0.05, 0.1) is 7.11 Å². The fourth-order valence-corrected chi connectivity index (χ4v) is 5.79. The maximum atomic E-state index is 13.0. The van der Waals surface area contributed by atoms with Gasteiger partial charge in [-0.3, -0.25) is 0 Å². The van der Waals surface area contributed by atoms with Gasteiger partial charge in [0.15, 0.2) is 4.21 Å². The Labute approximate surface area is 131 Å². The number of likely N-dealkylation sites (N-methyl/N-ethyl adjacent to an activating group) is 1. The molecule has 0 N–H and O–H groups in total. The standard InChI is InChI=1S/C14H24N2O3S2/c1-15(2)9-10-16(12-6-4-5-7-12)21(17,18)14-13(19-3)8-11-20-14/h8,11-12H,4-7,9-10H2,1-3H3. The van der Waals surface area contributed by atoms with Gasteiger partial charge in [0, 0.05) is 19.1 Å². The van der Waals surface area contributed by atoms with E-state index in [0.29, 0.717) is 16.5 Å². The van der Waals surface area contributed by atoms with Crippen LogP contribution in [-0.2, 0) is 10.0 Å². The second-order valence-electron chi connectivity index (χ2n) is 5.63. The van der Waals surface area contributed by atoms with Crippen molar-refractivity contribution in [2.24, 2.45) is 0 Å². The number of ether oxygens (including phenoxy) is 1. The van der Waals surface area contributed by atoms with Crippen LogP contribution in [-0.4, -0.2) is 58.0 Å². The Balaban J connectivity index is 2.29. The normalized spacial score (nSPS) is 17.0. The third kappa shape index (κ3) is 3.77. The highest BCUT2D eigenvalue weighted by molar-refractivity contribution is 7.91. The lowest BCUT2D eigenvalue weighted by Crippen LogP contribution is -2.42. The Kier molecular flexibility index (Phi) is 5.65. The second kappa shape index (κ2) is 7.09. The molecule has 0 amide bonds. The van der Waals surface area contributed by atoms with E-state index in [1.165, 1.54) is 18.4 Å². The van der Waals surface area contributed by atoms with Crippen molar-refractivity contribution in [1.82, 2.24) is 9.21 Å². The average molecular weight is 332 g/mol. The van der Waals surface area contributed by atoms with E-state index >= 15 is 0 Å². The summed E-state index contributed by atoms with van der Waals surface area (Å²) in [6.07, 6.45) is 4.14. The van der Waals surface area contributed by atoms with Gasteiger partial charge in [-0.25, -0.2) is 8.42 Å². The van der Waals surface area contributed by atoms with Crippen molar-refractivity contribution in [2.75, 3.05) is 34.3 Å². The van der Waals surface area contributed by atoms with Gasteiger partial charge >= 0.3 is 0 Å². The van der Waals surface area contributed by atoms with Crippen LogP contribution in [0.3, 0.4) is 0 Å². The molecular weight excluding hydrogens is 308 g/mol. The van der Waals surface area contributed by atoms with Gasteiger partial charge in [-0.1, -0.05) is 12.8 Å². The molecule has 1 aromatic heterocycles. The molecule has 1 fully saturated rings. The first-order valence-electron chi connectivity index (χ1n) is 7.25. The van der Waals surface area contributed by atoms with Crippen LogP contribution < -0.4 is 4.74 Å². The number of methoxy groups -OCH3 is 1. The molecule has 2 rings (SSSR count). The number of sulfonamides is 1. The molecule has 0 radical (unpaired) electrons. The predicted molar refractivity (Wildman–Crippen MR) is 85.6 cm³/mol. The van der Waals surface area contributed by atoms with E-state index in [0.717, 1.165) is 32.2 Å². The lowest BCUT2D eigenvalue weighted by Gasteiger charge is -2.28. The summed E-state index contributed by atoms with van der Waals surface area (Å²) in [4.78, 5) is 2.02. The summed E-state index contributed by atoms with van der Waals surface area (Å²) in [6, 6.07) is 1.85. The second-order valence-corrected chi connectivity index (χ2v) is 8.64. The first-order chi connectivity index (χ1) is 9.96. The van der Waals surface area contributed by atoms with Gasteiger partial charge in [-0.15, -0.1) is 11.3 Å². The smallest absolute Gasteiger partial charge is 0.256 e. The SMILES string of the molecule is COc1ccsc1S(=O)(=O)N(CCN(C)C)C1CCCC1. The molecule has 0 unspecified atom stereocenters. The molecule has 0 saturated heterocycles. The van der Waals surface area contributed by atoms with Crippen LogP contribution in [0.25, 0.3) is 0 Å². The van der Waals surface area contributed by atoms with Gasteiger partial charge < -0.3 is 9.64 Å². The fraction of sp³-hybridized carbons (Fsp3) is 0.714. The van der Waals surface area contributed by atoms with Gasteiger partial charge in [-0.2, -0.15) is 4.31 Å². The fourth-order valence-electron chi connectivity index (χ4n) is 2.72. The largest absolute Gasteiger partial charge is 0.494 e. The van der Waals surface area contributed by atoms with E-state index in [4.69, 9.17) is 4.74 Å². The van der Waals surface area contributed by atoms with Crippen molar-refractivity contribution in [1.29, 1.82) is 0 Å². The maximum absolute atomic E-state index is 13.0. The predicted octanol–water partition coefficient (Wildman–Crippen LogP) is 2.25. The Hall–Kier alpha value is -0.630. The summed E-state index contributed by atoms with van der Waals surface area (Å²) in [7, 11) is 1.96. The zero-order chi connectivity index (χ0) is 15.5. The first kappa shape index (κ1) is 16.7. The van der Waals surface area contributed by atoms with Gasteiger partial charge in [-0.05, 0) is 38.4 Å². The molecule has 7 heteroatoms. The van der Waals surface area contributed by atoms with Crippen LogP contribution in [0, 0.1) is 0 Å². The summed E-state index contributed by atoms with van der Waals surface area (Å²) >= 11 is 1.23. The topological polar surface area (TPSA) is 49.9 Å². The van der Waals surface area contributed by atoms with Crippen molar-refractivity contribution >= 4 is 21.4 Å². The molecule has 0 aromatic carbocycles. The van der Waals surface area contributed by atoms with Gasteiger partial charge in [0.2, 0.25) is 0 Å². The highest BCUT2D eigenvalue weighted by atomic mass is 32.2. The van der Waals surface area contributed by atoms with E-state index in [1.807, 2.05) is 19.0 Å². The Bertz CT molecular complexity index is 548. The minimum Gasteiger partial charge on any atom is -0.494 e. The molecule has 1 aliphatic carbocycles. The molecule has 1 saturated carbocycles. The highest BCUT2D eigenvalue weighted by Gasteiger charge is 2.35. The lowest BCUT2D eigenvalue weighted by molar-refractivity contribution is 0.281. The highest BCUT2D eigenvalue weighted by Crippen LogP contribution is 2.35. The molecule has 5 nitrogen and oxygen atoms in total. The summed E-state index contributed by atoms with van der Waals surface area (Å²) in [5, 5.41) is 1.77. The quantitative estimate of drug-likeness (QED) is 0.768. The molecule has 0 bridgehead atoms. The van der Waals surface area contributed by atoms with E-state index in [-0.39, 0.29) is 6.04 Å². The molecule has 0 aliphatic heterocycles. The van der Waals surface area contributed by atoms with Crippen molar-refractivity contribution < 1.29 is 13.2 Å². The van der Waals surface area contributed by atoms with E-state index in [9.17, 15) is 8.42 Å². The van der Waals surface area contributed by atoms with Crippen LogP contribution >= 0.6 is 11.3 Å². The maximum Gasteiger partial charge on any atom is 0.256 e. The van der Waals surface area contributed by atoms with E-state index in [1.54, 1.807) is 15.8 Å². The van der Waals surface area contributed by atoms with Gasteiger partial charge in [0.1, 0.15) is 5.75 Å². The van der Waals surface area contributed by atoms with Crippen LogP contribution in [0.2, 0.25) is 0 Å². The van der Waals surface area contributed by atoms with E-state index < -0.39 is 10.0 Å². The molecule has 1 heterocycles. The third-order valence-corrected chi connectivity index (χ3v) is 7.23. The Morgan fingerprint density at radius 2 is 1.95 bits per heavy atom. The van der Waals surface area contributed by atoms with Crippen LogP contribution in [0.15, 0.2) is 15.7 Å². The number of hydrogen-bond donors (Lipinski definition) is 0. The molecule has 120 valence electrons. The van der Waals surface area contributed by atoms with Crippen molar-refractivity contribution in [3.05, 3.63) is 11.4 Å². The Morgan fingerprint density at radius 1 is 1.29 bits per heavy atom. The minimum atomic E-state index is -3.48.